The van der Waals surface area contributed by atoms with E-state index in [4.69, 9.17) is 0 Å². The molecule has 1 aliphatic carbocycles. The van der Waals surface area contributed by atoms with Crippen molar-refractivity contribution in [3.63, 3.8) is 0 Å². The summed E-state index contributed by atoms with van der Waals surface area (Å²) in [5.41, 5.74) is 0.939. The maximum absolute atomic E-state index is 11.9. The van der Waals surface area contributed by atoms with Gasteiger partial charge in [-0.15, -0.1) is 0 Å². The molecule has 19 heavy (non-hydrogen) atoms. The van der Waals surface area contributed by atoms with E-state index in [1.807, 2.05) is 6.07 Å². The van der Waals surface area contributed by atoms with Gasteiger partial charge in [-0.1, -0.05) is 19.3 Å². The number of amides is 1. The normalized spacial score (nSPS) is 18.2. The fourth-order valence-electron chi connectivity index (χ4n) is 2.96. The maximum atomic E-state index is 11.9. The van der Waals surface area contributed by atoms with Crippen molar-refractivity contribution in [2.24, 2.45) is 5.41 Å². The summed E-state index contributed by atoms with van der Waals surface area (Å²) in [7, 11) is 0. The maximum Gasteiger partial charge on any atom is 0.226 e. The van der Waals surface area contributed by atoms with Crippen LogP contribution in [0.15, 0.2) is 12.3 Å². The molecule has 0 aliphatic heterocycles. The van der Waals surface area contributed by atoms with Crippen molar-refractivity contribution in [3.05, 3.63) is 18.0 Å². The smallest absolute Gasteiger partial charge is 0.226 e. The number of aliphatic hydroxyl groups is 1. The summed E-state index contributed by atoms with van der Waals surface area (Å²) in [6, 6.07) is 1.81. The van der Waals surface area contributed by atoms with Gasteiger partial charge in [0.2, 0.25) is 5.91 Å². The van der Waals surface area contributed by atoms with E-state index in [1.165, 1.54) is 19.3 Å². The molecule has 5 nitrogen and oxygen atoms in total. The van der Waals surface area contributed by atoms with Crippen LogP contribution >= 0.6 is 0 Å². The highest BCUT2D eigenvalue weighted by molar-refractivity contribution is 5.78. The molecule has 0 bridgehead atoms. The van der Waals surface area contributed by atoms with Crippen LogP contribution in [0.25, 0.3) is 0 Å². The monoisotopic (exact) mass is 265 g/mol. The lowest BCUT2D eigenvalue weighted by atomic mass is 9.72. The third-order valence-electron chi connectivity index (χ3n) is 4.13. The minimum absolute atomic E-state index is 0.0205. The molecule has 1 fully saturated rings. The molecule has 1 aromatic heterocycles. The molecule has 1 heterocycles. The van der Waals surface area contributed by atoms with Crippen molar-refractivity contribution in [2.75, 3.05) is 13.2 Å². The Morgan fingerprint density at radius 1 is 1.42 bits per heavy atom. The Labute approximate surface area is 113 Å². The number of hydrogen-bond donors (Lipinski definition) is 3. The molecule has 0 radical (unpaired) electrons. The molecular formula is C14H23N3O2. The van der Waals surface area contributed by atoms with Crippen LogP contribution in [0.1, 0.15) is 44.2 Å². The molecular weight excluding hydrogens is 242 g/mol. The molecule has 3 N–H and O–H groups in total. The van der Waals surface area contributed by atoms with E-state index < -0.39 is 0 Å². The summed E-state index contributed by atoms with van der Waals surface area (Å²) in [4.78, 5) is 11.9. The van der Waals surface area contributed by atoms with E-state index in [0.29, 0.717) is 13.0 Å². The Kier molecular flexibility index (Phi) is 4.96. The minimum atomic E-state index is 0.0205. The zero-order chi connectivity index (χ0) is 13.6. The first kappa shape index (κ1) is 14.1. The van der Waals surface area contributed by atoms with E-state index in [9.17, 15) is 9.90 Å². The average Bonchev–Trinajstić information content (AvgIpc) is 2.91. The second kappa shape index (κ2) is 6.70. The molecule has 5 heteroatoms. The van der Waals surface area contributed by atoms with Crippen molar-refractivity contribution in [2.45, 2.75) is 44.9 Å². The lowest BCUT2D eigenvalue weighted by Crippen LogP contribution is -2.40. The van der Waals surface area contributed by atoms with Gasteiger partial charge >= 0.3 is 0 Å². The van der Waals surface area contributed by atoms with E-state index in [2.05, 4.69) is 15.5 Å². The molecule has 1 aliphatic rings. The van der Waals surface area contributed by atoms with Crippen LogP contribution in [-0.2, 0) is 11.2 Å². The van der Waals surface area contributed by atoms with Crippen LogP contribution in [0.3, 0.4) is 0 Å². The molecule has 0 aromatic carbocycles. The summed E-state index contributed by atoms with van der Waals surface area (Å²) < 4.78 is 0. The van der Waals surface area contributed by atoms with Crippen molar-refractivity contribution < 1.29 is 9.90 Å². The number of hydrogen-bond acceptors (Lipinski definition) is 3. The van der Waals surface area contributed by atoms with E-state index in [1.54, 1.807) is 6.20 Å². The highest BCUT2D eigenvalue weighted by Gasteiger charge is 2.31. The summed E-state index contributed by atoms with van der Waals surface area (Å²) in [6.45, 7) is 0.886. The fourth-order valence-corrected chi connectivity index (χ4v) is 2.96. The van der Waals surface area contributed by atoms with E-state index in [-0.39, 0.29) is 17.9 Å². The van der Waals surface area contributed by atoms with Crippen LogP contribution in [0.5, 0.6) is 0 Å². The first-order chi connectivity index (χ1) is 9.24. The number of carbonyl (C=O) groups excluding carboxylic acids is 1. The Bertz CT molecular complexity index is 378. The van der Waals surface area contributed by atoms with Gasteiger partial charge in [-0.2, -0.15) is 5.10 Å². The molecule has 2 rings (SSSR count). The second-order valence-corrected chi connectivity index (χ2v) is 5.57. The van der Waals surface area contributed by atoms with Gasteiger partial charge in [0.15, 0.2) is 0 Å². The van der Waals surface area contributed by atoms with Crippen LogP contribution in [-0.4, -0.2) is 34.4 Å². The Hall–Kier alpha value is -1.36. The van der Waals surface area contributed by atoms with Gasteiger partial charge in [0.1, 0.15) is 0 Å². The quantitative estimate of drug-likeness (QED) is 0.727. The highest BCUT2D eigenvalue weighted by atomic mass is 16.3. The standard InChI is InChI=1S/C14H23N3O2/c18-9-7-14(5-2-1-3-6-14)11-15-13(19)10-12-4-8-16-17-12/h4,8,18H,1-3,5-7,9-11H2,(H,15,19)(H,16,17). The number of rotatable bonds is 6. The van der Waals surface area contributed by atoms with Crippen molar-refractivity contribution in [1.29, 1.82) is 0 Å². The summed E-state index contributed by atoms with van der Waals surface area (Å²) in [5, 5.41) is 18.9. The second-order valence-electron chi connectivity index (χ2n) is 5.57. The molecule has 1 aromatic rings. The molecule has 0 unspecified atom stereocenters. The summed E-state index contributed by atoms with van der Waals surface area (Å²) in [6.07, 6.45) is 8.68. The number of aromatic amines is 1. The number of nitrogens with zero attached hydrogens (tertiary/aromatic N) is 1. The predicted molar refractivity (Wildman–Crippen MR) is 72.5 cm³/mol. The summed E-state index contributed by atoms with van der Waals surface area (Å²) in [5.74, 6) is 0.0205. The molecule has 106 valence electrons. The largest absolute Gasteiger partial charge is 0.396 e. The van der Waals surface area contributed by atoms with Gasteiger partial charge in [0, 0.05) is 25.0 Å². The SMILES string of the molecule is O=C(Cc1ccn[nH]1)NCC1(CCO)CCCCC1. The van der Waals surface area contributed by atoms with Crippen molar-refractivity contribution in [1.82, 2.24) is 15.5 Å². The van der Waals surface area contributed by atoms with Gasteiger partial charge in [0.25, 0.3) is 0 Å². The third-order valence-corrected chi connectivity index (χ3v) is 4.13. The van der Waals surface area contributed by atoms with Crippen LogP contribution in [0, 0.1) is 5.41 Å². The molecule has 0 atom stereocenters. The van der Waals surface area contributed by atoms with E-state index >= 15 is 0 Å². The highest BCUT2D eigenvalue weighted by Crippen LogP contribution is 2.38. The van der Waals surface area contributed by atoms with Gasteiger partial charge in [-0.25, -0.2) is 0 Å². The number of carbonyl (C=O) groups is 1. The van der Waals surface area contributed by atoms with E-state index in [0.717, 1.165) is 25.0 Å². The lowest BCUT2D eigenvalue weighted by Gasteiger charge is -2.37. The fraction of sp³-hybridized carbons (Fsp3) is 0.714. The molecule has 0 spiro atoms. The first-order valence-electron chi connectivity index (χ1n) is 7.10. The number of nitrogens with one attached hydrogen (secondary N) is 2. The molecule has 1 saturated carbocycles. The van der Waals surface area contributed by atoms with Crippen LogP contribution in [0.4, 0.5) is 0 Å². The number of H-pyrrole nitrogens is 1. The Balaban J connectivity index is 1.82. The lowest BCUT2D eigenvalue weighted by molar-refractivity contribution is -0.121. The van der Waals surface area contributed by atoms with Crippen LogP contribution < -0.4 is 5.32 Å². The number of aliphatic hydroxyl groups excluding tert-OH is 1. The Morgan fingerprint density at radius 2 is 2.21 bits per heavy atom. The van der Waals surface area contributed by atoms with Crippen LogP contribution in [0.2, 0.25) is 0 Å². The zero-order valence-corrected chi connectivity index (χ0v) is 11.3. The van der Waals surface area contributed by atoms with Crippen molar-refractivity contribution in [3.8, 4) is 0 Å². The minimum Gasteiger partial charge on any atom is -0.396 e. The third kappa shape index (κ3) is 4.06. The van der Waals surface area contributed by atoms with Gasteiger partial charge in [0.05, 0.1) is 6.42 Å². The number of aromatic nitrogens is 2. The van der Waals surface area contributed by atoms with Gasteiger partial charge in [-0.05, 0) is 30.7 Å². The van der Waals surface area contributed by atoms with Gasteiger partial charge in [-0.3, -0.25) is 9.89 Å². The average molecular weight is 265 g/mol. The van der Waals surface area contributed by atoms with Gasteiger partial charge < -0.3 is 10.4 Å². The summed E-state index contributed by atoms with van der Waals surface area (Å²) >= 11 is 0. The zero-order valence-electron chi connectivity index (χ0n) is 11.3. The first-order valence-corrected chi connectivity index (χ1v) is 7.10. The molecule has 0 saturated heterocycles. The molecule has 1 amide bonds. The Morgan fingerprint density at radius 3 is 2.84 bits per heavy atom. The predicted octanol–water partition coefficient (Wildman–Crippen LogP) is 1.40. The topological polar surface area (TPSA) is 78.0 Å². The van der Waals surface area contributed by atoms with Crippen molar-refractivity contribution >= 4 is 5.91 Å².